The van der Waals surface area contributed by atoms with Gasteiger partial charge in [0, 0.05) is 12.4 Å². The summed E-state index contributed by atoms with van der Waals surface area (Å²) in [6, 6.07) is 15.9. The number of rotatable bonds is 7. The minimum Gasteiger partial charge on any atom is -0.491 e. The fourth-order valence-corrected chi connectivity index (χ4v) is 2.76. The maximum atomic E-state index is 13.2. The Hall–Kier alpha value is -2.43. The molecule has 3 nitrogen and oxygen atoms in total. The van der Waals surface area contributed by atoms with Gasteiger partial charge in [-0.3, -0.25) is 4.98 Å². The predicted octanol–water partition coefficient (Wildman–Crippen LogP) is 4.91. The lowest BCUT2D eigenvalue weighted by Crippen LogP contribution is -2.18. The minimum atomic E-state index is -0.543. The van der Waals surface area contributed by atoms with E-state index in [1.54, 1.807) is 24.5 Å². The molecule has 0 spiro atoms. The summed E-state index contributed by atoms with van der Waals surface area (Å²) in [7, 11) is 0. The average molecular weight is 372 g/mol. The first-order chi connectivity index (χ1) is 12.6. The number of benzene rings is 2. The fourth-order valence-electron chi connectivity index (χ4n) is 2.58. The van der Waals surface area contributed by atoms with E-state index in [2.05, 4.69) is 4.98 Å². The Balaban J connectivity index is 1.51. The molecule has 3 aromatic rings. The van der Waals surface area contributed by atoms with Crippen molar-refractivity contribution < 1.29 is 14.2 Å². The maximum Gasteiger partial charge on any atom is 0.141 e. The lowest BCUT2D eigenvalue weighted by molar-refractivity contribution is 0.100. The highest BCUT2D eigenvalue weighted by Gasteiger charge is 2.07. The van der Waals surface area contributed by atoms with Crippen LogP contribution in [0, 0.1) is 5.82 Å². The van der Waals surface area contributed by atoms with Crippen LogP contribution < -0.4 is 4.74 Å². The van der Waals surface area contributed by atoms with Crippen LogP contribution in [0.25, 0.3) is 11.1 Å². The SMILES string of the molecule is O[C@@H](CCc1ccncc1)COc1ccc(-c2ccc(F)c(Cl)c2)cc1. The average Bonchev–Trinajstić information content (AvgIpc) is 2.68. The summed E-state index contributed by atoms with van der Waals surface area (Å²) >= 11 is 5.82. The van der Waals surface area contributed by atoms with Gasteiger partial charge >= 0.3 is 0 Å². The molecule has 134 valence electrons. The second-order valence-electron chi connectivity index (χ2n) is 6.01. The molecule has 0 saturated carbocycles. The largest absolute Gasteiger partial charge is 0.491 e. The van der Waals surface area contributed by atoms with Gasteiger partial charge in [-0.05, 0) is 65.9 Å². The third-order valence-electron chi connectivity index (χ3n) is 4.07. The van der Waals surface area contributed by atoms with Crippen molar-refractivity contribution in [2.75, 3.05) is 6.61 Å². The number of hydrogen-bond donors (Lipinski definition) is 1. The number of pyridine rings is 1. The molecule has 0 unspecified atom stereocenters. The molecule has 1 aromatic heterocycles. The van der Waals surface area contributed by atoms with Gasteiger partial charge in [-0.25, -0.2) is 4.39 Å². The number of nitrogens with zero attached hydrogens (tertiary/aromatic N) is 1. The highest BCUT2D eigenvalue weighted by molar-refractivity contribution is 6.31. The van der Waals surface area contributed by atoms with Gasteiger partial charge < -0.3 is 9.84 Å². The molecule has 3 rings (SSSR count). The number of hydrogen-bond acceptors (Lipinski definition) is 3. The van der Waals surface area contributed by atoms with E-state index < -0.39 is 11.9 Å². The van der Waals surface area contributed by atoms with E-state index in [9.17, 15) is 9.50 Å². The zero-order valence-corrected chi connectivity index (χ0v) is 14.9. The second kappa shape index (κ2) is 8.79. The Bertz CT molecular complexity index is 840. The molecule has 2 aromatic carbocycles. The van der Waals surface area contributed by atoms with E-state index in [0.717, 1.165) is 23.1 Å². The van der Waals surface area contributed by atoms with Gasteiger partial charge in [-0.15, -0.1) is 0 Å². The first-order valence-electron chi connectivity index (χ1n) is 8.37. The number of halogens is 2. The van der Waals surface area contributed by atoms with Crippen LogP contribution in [0.5, 0.6) is 5.75 Å². The van der Waals surface area contributed by atoms with Crippen molar-refractivity contribution in [1.29, 1.82) is 0 Å². The molecule has 1 N–H and O–H groups in total. The van der Waals surface area contributed by atoms with Crippen molar-refractivity contribution in [1.82, 2.24) is 4.98 Å². The summed E-state index contributed by atoms with van der Waals surface area (Å²) in [5.74, 6) is 0.237. The Labute approximate surface area is 157 Å². The lowest BCUT2D eigenvalue weighted by Gasteiger charge is -2.13. The van der Waals surface area contributed by atoms with Crippen LogP contribution in [-0.2, 0) is 6.42 Å². The van der Waals surface area contributed by atoms with Crippen LogP contribution in [0.15, 0.2) is 67.0 Å². The summed E-state index contributed by atoms with van der Waals surface area (Å²) in [4.78, 5) is 3.97. The molecule has 0 radical (unpaired) electrons. The van der Waals surface area contributed by atoms with Crippen LogP contribution in [0.1, 0.15) is 12.0 Å². The zero-order valence-electron chi connectivity index (χ0n) is 14.1. The zero-order chi connectivity index (χ0) is 18.4. The van der Waals surface area contributed by atoms with Crippen molar-refractivity contribution in [2.45, 2.75) is 18.9 Å². The second-order valence-corrected chi connectivity index (χ2v) is 6.42. The molecule has 1 heterocycles. The monoisotopic (exact) mass is 371 g/mol. The molecule has 1 atom stereocenters. The van der Waals surface area contributed by atoms with Gasteiger partial charge in [0.1, 0.15) is 18.2 Å². The smallest absolute Gasteiger partial charge is 0.141 e. The molecule has 26 heavy (non-hydrogen) atoms. The molecule has 0 aliphatic heterocycles. The quantitative estimate of drug-likeness (QED) is 0.641. The molecular formula is C21H19ClFNO2. The minimum absolute atomic E-state index is 0.0974. The Morgan fingerprint density at radius 2 is 1.69 bits per heavy atom. The van der Waals surface area contributed by atoms with Crippen LogP contribution in [-0.4, -0.2) is 22.8 Å². The van der Waals surface area contributed by atoms with E-state index in [-0.39, 0.29) is 11.6 Å². The molecule has 5 heteroatoms. The highest BCUT2D eigenvalue weighted by Crippen LogP contribution is 2.26. The maximum absolute atomic E-state index is 13.2. The van der Waals surface area contributed by atoms with E-state index in [0.29, 0.717) is 12.2 Å². The third-order valence-corrected chi connectivity index (χ3v) is 4.35. The lowest BCUT2D eigenvalue weighted by atomic mass is 10.1. The highest BCUT2D eigenvalue weighted by atomic mass is 35.5. The van der Waals surface area contributed by atoms with Gasteiger partial charge in [0.05, 0.1) is 11.1 Å². The molecule has 0 bridgehead atoms. The van der Waals surface area contributed by atoms with Crippen molar-refractivity contribution in [3.63, 3.8) is 0 Å². The van der Waals surface area contributed by atoms with Crippen molar-refractivity contribution in [3.05, 3.63) is 83.4 Å². The molecule has 0 fully saturated rings. The molecule has 0 saturated heterocycles. The predicted molar refractivity (Wildman–Crippen MR) is 101 cm³/mol. The first-order valence-corrected chi connectivity index (χ1v) is 8.75. The van der Waals surface area contributed by atoms with Crippen LogP contribution in [0.2, 0.25) is 5.02 Å². The third kappa shape index (κ3) is 5.04. The van der Waals surface area contributed by atoms with Crippen molar-refractivity contribution >= 4 is 11.6 Å². The van der Waals surface area contributed by atoms with E-state index >= 15 is 0 Å². The summed E-state index contributed by atoms with van der Waals surface area (Å²) in [5, 5.41) is 10.2. The van der Waals surface area contributed by atoms with Gasteiger partial charge in [0.25, 0.3) is 0 Å². The Kier molecular flexibility index (Phi) is 6.21. The van der Waals surface area contributed by atoms with Crippen LogP contribution in [0.3, 0.4) is 0 Å². The van der Waals surface area contributed by atoms with Crippen molar-refractivity contribution in [3.8, 4) is 16.9 Å². The number of ether oxygens (including phenoxy) is 1. The van der Waals surface area contributed by atoms with Crippen LogP contribution >= 0.6 is 11.6 Å². The van der Waals surface area contributed by atoms with Gasteiger partial charge in [0.15, 0.2) is 0 Å². The summed E-state index contributed by atoms with van der Waals surface area (Å²) in [6.07, 6.45) is 4.34. The Morgan fingerprint density at radius 3 is 2.38 bits per heavy atom. The summed E-state index contributed by atoms with van der Waals surface area (Å²) < 4.78 is 18.9. The molecule has 0 aliphatic carbocycles. The first kappa shape index (κ1) is 18.4. The normalized spacial score (nSPS) is 12.0. The summed E-state index contributed by atoms with van der Waals surface area (Å²) in [5.41, 5.74) is 2.89. The van der Waals surface area contributed by atoms with Gasteiger partial charge in [-0.1, -0.05) is 29.8 Å². The fraction of sp³-hybridized carbons (Fsp3) is 0.190. The topological polar surface area (TPSA) is 42.4 Å². The number of aromatic nitrogens is 1. The Morgan fingerprint density at radius 1 is 1.00 bits per heavy atom. The molecular weight excluding hydrogens is 353 g/mol. The van der Waals surface area contributed by atoms with E-state index in [4.69, 9.17) is 16.3 Å². The van der Waals surface area contributed by atoms with Crippen molar-refractivity contribution in [2.24, 2.45) is 0 Å². The standard InChI is InChI=1S/C21H19ClFNO2/c22-20-13-17(4-8-21(20)23)16-2-6-19(7-3-16)26-14-18(25)5-1-15-9-11-24-12-10-15/h2-4,6-13,18,25H,1,5,14H2/t18-/m0/s1. The number of aryl methyl sites for hydroxylation is 1. The van der Waals surface area contributed by atoms with Crippen LogP contribution in [0.4, 0.5) is 4.39 Å². The van der Waals surface area contributed by atoms with E-state index in [1.807, 2.05) is 36.4 Å². The number of aliphatic hydroxyl groups excluding tert-OH is 1. The molecule has 0 aliphatic rings. The summed E-state index contributed by atoms with van der Waals surface area (Å²) in [6.45, 7) is 0.229. The van der Waals surface area contributed by atoms with Gasteiger partial charge in [0.2, 0.25) is 0 Å². The molecule has 0 amide bonds. The van der Waals surface area contributed by atoms with Gasteiger partial charge in [-0.2, -0.15) is 0 Å². The number of aliphatic hydroxyl groups is 1. The van der Waals surface area contributed by atoms with E-state index in [1.165, 1.54) is 6.07 Å².